The lowest BCUT2D eigenvalue weighted by atomic mass is 9.60. The molecule has 1 aliphatic carbocycles. The Balaban J connectivity index is 1.72. The maximum absolute atomic E-state index is 14.1. The quantitative estimate of drug-likeness (QED) is 0.826. The fourth-order valence-corrected chi connectivity index (χ4v) is 4.82. The van der Waals surface area contributed by atoms with Crippen LogP contribution in [-0.2, 0) is 14.8 Å². The molecule has 1 aliphatic rings. The van der Waals surface area contributed by atoms with E-state index >= 15 is 0 Å². The lowest BCUT2D eigenvalue weighted by molar-refractivity contribution is -0.186. The van der Waals surface area contributed by atoms with E-state index in [1.165, 1.54) is 12.3 Å². The Labute approximate surface area is 154 Å². The summed E-state index contributed by atoms with van der Waals surface area (Å²) >= 11 is 0. The van der Waals surface area contributed by atoms with Crippen molar-refractivity contribution in [3.05, 3.63) is 30.2 Å². The van der Waals surface area contributed by atoms with Crippen molar-refractivity contribution in [2.24, 2.45) is 11.3 Å². The number of hydrogen-bond acceptors (Lipinski definition) is 3. The van der Waals surface area contributed by atoms with E-state index in [0.29, 0.717) is 12.1 Å². The van der Waals surface area contributed by atoms with Crippen LogP contribution >= 0.6 is 0 Å². The normalized spacial score (nSPS) is 23.2. The molecule has 26 heavy (non-hydrogen) atoms. The van der Waals surface area contributed by atoms with Crippen LogP contribution in [0.5, 0.6) is 0 Å². The molecule has 0 aliphatic heterocycles. The third kappa shape index (κ3) is 3.52. The number of nitrogens with one attached hydrogen (secondary N) is 2. The second kappa shape index (κ2) is 6.32. The van der Waals surface area contributed by atoms with Gasteiger partial charge < -0.3 is 9.72 Å². The number of hydrogen-bond donors (Lipinski definition) is 2. The summed E-state index contributed by atoms with van der Waals surface area (Å²) in [6, 6.07) is 4.46. The summed E-state index contributed by atoms with van der Waals surface area (Å²) in [7, 11) is -3.80. The predicted molar refractivity (Wildman–Crippen MR) is 100.0 cm³/mol. The number of halogens is 1. The van der Waals surface area contributed by atoms with Gasteiger partial charge in [0.2, 0.25) is 10.0 Å². The third-order valence-electron chi connectivity index (χ3n) is 5.30. The first-order valence-electron chi connectivity index (χ1n) is 8.85. The molecule has 0 bridgehead atoms. The van der Waals surface area contributed by atoms with E-state index in [-0.39, 0.29) is 33.3 Å². The van der Waals surface area contributed by atoms with Crippen molar-refractivity contribution < 1.29 is 17.5 Å². The van der Waals surface area contributed by atoms with Gasteiger partial charge in [-0.1, -0.05) is 19.9 Å². The first-order valence-corrected chi connectivity index (χ1v) is 10.3. The van der Waals surface area contributed by atoms with Crippen molar-refractivity contribution in [2.45, 2.75) is 57.6 Å². The van der Waals surface area contributed by atoms with E-state index in [9.17, 15) is 12.8 Å². The van der Waals surface area contributed by atoms with Crippen molar-refractivity contribution in [3.63, 3.8) is 0 Å². The fourth-order valence-electron chi connectivity index (χ4n) is 3.55. The second-order valence-corrected chi connectivity index (χ2v) is 10.4. The molecule has 3 rings (SSSR count). The Kier molecular flexibility index (Phi) is 4.70. The average molecular weight is 383 g/mol. The van der Waals surface area contributed by atoms with Crippen LogP contribution in [0.3, 0.4) is 0 Å². The molecule has 1 heterocycles. The third-order valence-corrected chi connectivity index (χ3v) is 6.75. The van der Waals surface area contributed by atoms with Gasteiger partial charge in [-0.2, -0.15) is 0 Å². The van der Waals surface area contributed by atoms with Crippen LogP contribution in [0.1, 0.15) is 41.0 Å². The first kappa shape index (κ1) is 19.3. The predicted octanol–water partition coefficient (Wildman–Crippen LogP) is 3.82. The fraction of sp³-hybridized carbons (Fsp3) is 0.579. The van der Waals surface area contributed by atoms with E-state index in [0.717, 1.165) is 6.42 Å². The SMILES string of the molecule is CC(C)(C)O[C@@H]1C[C@H](CNS(=O)(=O)c2c[nH]c3cccc(F)c23)C1(C)C. The van der Waals surface area contributed by atoms with Crippen LogP contribution in [-0.4, -0.2) is 31.7 Å². The summed E-state index contributed by atoms with van der Waals surface area (Å²) in [5.74, 6) is -0.383. The van der Waals surface area contributed by atoms with Crippen molar-refractivity contribution in [2.75, 3.05) is 6.54 Å². The Morgan fingerprint density at radius 3 is 2.65 bits per heavy atom. The lowest BCUT2D eigenvalue weighted by Gasteiger charge is -2.53. The van der Waals surface area contributed by atoms with Crippen LogP contribution < -0.4 is 4.72 Å². The molecule has 2 N–H and O–H groups in total. The number of aromatic nitrogens is 1. The van der Waals surface area contributed by atoms with Gasteiger partial charge in [0, 0.05) is 18.3 Å². The van der Waals surface area contributed by atoms with Crippen molar-refractivity contribution in [1.29, 1.82) is 0 Å². The van der Waals surface area contributed by atoms with Gasteiger partial charge in [-0.15, -0.1) is 0 Å². The molecule has 0 saturated heterocycles. The monoisotopic (exact) mass is 382 g/mol. The molecule has 7 heteroatoms. The second-order valence-electron chi connectivity index (χ2n) is 8.64. The van der Waals surface area contributed by atoms with E-state index < -0.39 is 15.8 Å². The highest BCUT2D eigenvalue weighted by molar-refractivity contribution is 7.89. The van der Waals surface area contributed by atoms with Crippen LogP contribution in [0.15, 0.2) is 29.3 Å². The maximum Gasteiger partial charge on any atom is 0.242 e. The first-order chi connectivity index (χ1) is 11.9. The highest BCUT2D eigenvalue weighted by Gasteiger charge is 2.50. The zero-order valence-corrected chi connectivity index (χ0v) is 16.7. The number of fused-ring (bicyclic) bond motifs is 1. The van der Waals surface area contributed by atoms with Crippen LogP contribution in [0.25, 0.3) is 10.9 Å². The van der Waals surface area contributed by atoms with Gasteiger partial charge in [-0.05, 0) is 50.7 Å². The molecule has 5 nitrogen and oxygen atoms in total. The molecule has 0 spiro atoms. The highest BCUT2D eigenvalue weighted by atomic mass is 32.2. The molecule has 1 aromatic heterocycles. The number of sulfonamides is 1. The number of rotatable bonds is 5. The minimum atomic E-state index is -3.80. The Bertz CT molecular complexity index is 912. The zero-order chi connectivity index (χ0) is 19.3. The molecule has 1 fully saturated rings. The van der Waals surface area contributed by atoms with Crippen molar-refractivity contribution >= 4 is 20.9 Å². The van der Waals surface area contributed by atoms with Crippen LogP contribution in [0.4, 0.5) is 4.39 Å². The minimum absolute atomic E-state index is 0.0507. The lowest BCUT2D eigenvalue weighted by Crippen LogP contribution is -2.56. The summed E-state index contributed by atoms with van der Waals surface area (Å²) in [6.07, 6.45) is 2.24. The molecule has 0 amide bonds. The number of aromatic amines is 1. The summed E-state index contributed by atoms with van der Waals surface area (Å²) in [5, 5.41) is 0.0989. The van der Waals surface area contributed by atoms with Gasteiger partial charge in [0.25, 0.3) is 0 Å². The minimum Gasteiger partial charge on any atom is -0.372 e. The van der Waals surface area contributed by atoms with Gasteiger partial charge in [-0.3, -0.25) is 0 Å². The molecule has 0 radical (unpaired) electrons. The summed E-state index contributed by atoms with van der Waals surface area (Å²) < 4.78 is 48.2. The Hall–Kier alpha value is -1.44. The molecule has 2 aromatic rings. The number of H-pyrrole nitrogens is 1. The van der Waals surface area contributed by atoms with Gasteiger partial charge in [0.05, 0.1) is 17.1 Å². The smallest absolute Gasteiger partial charge is 0.242 e. The van der Waals surface area contributed by atoms with E-state index in [1.807, 2.05) is 20.8 Å². The maximum atomic E-state index is 14.1. The molecular weight excluding hydrogens is 355 g/mol. The Morgan fingerprint density at radius 1 is 1.35 bits per heavy atom. The summed E-state index contributed by atoms with van der Waals surface area (Å²) in [4.78, 5) is 2.77. The van der Waals surface area contributed by atoms with Gasteiger partial charge in [-0.25, -0.2) is 17.5 Å². The molecule has 0 unspecified atom stereocenters. The molecule has 1 aromatic carbocycles. The molecular formula is C19H27FN2O3S. The topological polar surface area (TPSA) is 71.2 Å². The van der Waals surface area contributed by atoms with Gasteiger partial charge in [0.1, 0.15) is 10.7 Å². The Morgan fingerprint density at radius 2 is 2.04 bits per heavy atom. The summed E-state index contributed by atoms with van der Waals surface area (Å²) in [5.41, 5.74) is 0.114. The zero-order valence-electron chi connectivity index (χ0n) is 15.9. The van der Waals surface area contributed by atoms with Gasteiger partial charge >= 0.3 is 0 Å². The van der Waals surface area contributed by atoms with Gasteiger partial charge in [0.15, 0.2) is 0 Å². The van der Waals surface area contributed by atoms with E-state index in [2.05, 4.69) is 23.6 Å². The number of ether oxygens (including phenoxy) is 1. The highest BCUT2D eigenvalue weighted by Crippen LogP contribution is 2.49. The van der Waals surface area contributed by atoms with E-state index in [1.54, 1.807) is 12.1 Å². The van der Waals surface area contributed by atoms with Crippen LogP contribution in [0.2, 0.25) is 0 Å². The number of benzene rings is 1. The molecule has 2 atom stereocenters. The summed E-state index contributed by atoms with van der Waals surface area (Å²) in [6.45, 7) is 10.6. The largest absolute Gasteiger partial charge is 0.372 e. The van der Waals surface area contributed by atoms with Crippen molar-refractivity contribution in [1.82, 2.24) is 9.71 Å². The van der Waals surface area contributed by atoms with E-state index in [4.69, 9.17) is 4.74 Å². The van der Waals surface area contributed by atoms with Crippen LogP contribution in [0, 0.1) is 17.2 Å². The molecule has 1 saturated carbocycles. The molecule has 144 valence electrons. The van der Waals surface area contributed by atoms with Crippen molar-refractivity contribution in [3.8, 4) is 0 Å². The average Bonchev–Trinajstić information content (AvgIpc) is 2.95. The standard InChI is InChI=1S/C19H27FN2O3S/c1-18(2,3)25-16-9-12(19(16,4)5)10-22-26(23,24)15-11-21-14-8-6-7-13(20)17(14)15/h6-8,11-12,16,21-22H,9-10H2,1-5H3/t12-,16-/m1/s1.